The molecule has 1 aliphatic heterocycles. The molecule has 1 heterocycles. The smallest absolute Gasteiger partial charge is 0.344 e. The van der Waals surface area contributed by atoms with E-state index >= 15 is 0 Å². The van der Waals surface area contributed by atoms with Crippen LogP contribution in [0, 0.1) is 0 Å². The van der Waals surface area contributed by atoms with Gasteiger partial charge in [-0.3, -0.25) is 14.5 Å². The highest BCUT2D eigenvalue weighted by atomic mass is 32.2. The largest absolute Gasteiger partial charge is 0.492 e. The van der Waals surface area contributed by atoms with Crippen molar-refractivity contribution in [3.63, 3.8) is 0 Å². The van der Waals surface area contributed by atoms with Crippen LogP contribution in [0.3, 0.4) is 0 Å². The molecular weight excluding hydrogens is 406 g/mol. The maximum absolute atomic E-state index is 12.7. The van der Waals surface area contributed by atoms with Crippen molar-refractivity contribution in [1.82, 2.24) is 4.90 Å². The Bertz CT molecular complexity index is 944. The zero-order chi connectivity index (χ0) is 21.3. The van der Waals surface area contributed by atoms with E-state index in [-0.39, 0.29) is 42.4 Å². The molecule has 0 aromatic heterocycles. The van der Waals surface area contributed by atoms with Crippen LogP contribution in [0.5, 0.6) is 11.5 Å². The van der Waals surface area contributed by atoms with E-state index in [0.29, 0.717) is 17.1 Å². The zero-order valence-electron chi connectivity index (χ0n) is 16.4. The maximum atomic E-state index is 12.7. The molecule has 7 nitrogen and oxygen atoms in total. The molecule has 0 N–H and O–H groups in total. The molecular formula is C22H21NO6S. The maximum Gasteiger partial charge on any atom is 0.344 e. The second-order valence-corrected chi connectivity index (χ2v) is 7.12. The molecule has 0 saturated carbocycles. The Hall–Kier alpha value is -3.26. The Labute approximate surface area is 178 Å². The number of carbonyl (C=O) groups is 3. The number of esters is 1. The van der Waals surface area contributed by atoms with Gasteiger partial charge in [0.2, 0.25) is 0 Å². The lowest BCUT2D eigenvalue weighted by Gasteiger charge is -2.13. The molecule has 0 unspecified atom stereocenters. The van der Waals surface area contributed by atoms with Crippen LogP contribution in [0.4, 0.5) is 4.79 Å². The van der Waals surface area contributed by atoms with Gasteiger partial charge in [-0.1, -0.05) is 36.4 Å². The van der Waals surface area contributed by atoms with E-state index in [1.54, 1.807) is 49.4 Å². The van der Waals surface area contributed by atoms with Gasteiger partial charge in [-0.15, -0.1) is 0 Å². The van der Waals surface area contributed by atoms with Gasteiger partial charge in [0.05, 0.1) is 18.1 Å². The zero-order valence-corrected chi connectivity index (χ0v) is 17.2. The molecule has 2 aromatic carbocycles. The lowest BCUT2D eigenvalue weighted by Crippen LogP contribution is -2.32. The summed E-state index contributed by atoms with van der Waals surface area (Å²) in [6.45, 7) is 2.10. The summed E-state index contributed by atoms with van der Waals surface area (Å²) < 4.78 is 15.9. The number of ether oxygens (including phenoxy) is 3. The molecule has 1 saturated heterocycles. The van der Waals surface area contributed by atoms with Crippen molar-refractivity contribution in [3.05, 3.63) is 65.1 Å². The van der Waals surface area contributed by atoms with E-state index in [9.17, 15) is 14.4 Å². The Morgan fingerprint density at radius 3 is 2.53 bits per heavy atom. The van der Waals surface area contributed by atoms with Gasteiger partial charge in [0, 0.05) is 5.56 Å². The molecule has 156 valence electrons. The fraction of sp³-hybridized carbons (Fsp3) is 0.227. The fourth-order valence-electron chi connectivity index (χ4n) is 2.68. The molecule has 1 aliphatic rings. The lowest BCUT2D eigenvalue weighted by molar-refractivity contribution is -0.145. The van der Waals surface area contributed by atoms with Crippen LogP contribution in [0.2, 0.25) is 0 Å². The summed E-state index contributed by atoms with van der Waals surface area (Å²) in [5.41, 5.74) is 0.591. The van der Waals surface area contributed by atoms with Crippen LogP contribution in [0.25, 0.3) is 6.08 Å². The Kier molecular flexibility index (Phi) is 7.51. The van der Waals surface area contributed by atoms with Crippen molar-refractivity contribution in [3.8, 4) is 11.5 Å². The minimum atomic E-state index is -0.481. The number of hydrogen-bond donors (Lipinski definition) is 0. The molecule has 0 spiro atoms. The molecule has 0 bridgehead atoms. The van der Waals surface area contributed by atoms with E-state index in [2.05, 4.69) is 0 Å². The average Bonchev–Trinajstić information content (AvgIpc) is 3.01. The van der Waals surface area contributed by atoms with Crippen molar-refractivity contribution < 1.29 is 28.6 Å². The first kappa shape index (κ1) is 21.4. The molecule has 1 fully saturated rings. The molecule has 0 radical (unpaired) electrons. The highest BCUT2D eigenvalue weighted by molar-refractivity contribution is 8.18. The minimum absolute atomic E-state index is 0.151. The predicted octanol–water partition coefficient (Wildman–Crippen LogP) is 3.74. The predicted molar refractivity (Wildman–Crippen MR) is 113 cm³/mol. The van der Waals surface area contributed by atoms with Gasteiger partial charge >= 0.3 is 5.97 Å². The van der Waals surface area contributed by atoms with E-state index in [0.717, 1.165) is 16.7 Å². The number of para-hydroxylation sites is 2. The standard InChI is InChI=1S/C22H21NO6S/c1-2-27-20(24)15-29-18-11-7-6-8-16(18)14-19-21(25)23(22(26)30-19)12-13-28-17-9-4-3-5-10-17/h3-11,14H,2,12-13,15H2,1H3. The van der Waals surface area contributed by atoms with Crippen molar-refractivity contribution in [1.29, 1.82) is 0 Å². The number of rotatable bonds is 9. The SMILES string of the molecule is CCOC(=O)COc1ccccc1C=C1SC(=O)N(CCOc2ccccc2)C1=O. The van der Waals surface area contributed by atoms with Gasteiger partial charge < -0.3 is 14.2 Å². The average molecular weight is 427 g/mol. The van der Waals surface area contributed by atoms with E-state index in [4.69, 9.17) is 14.2 Å². The number of hydrogen-bond acceptors (Lipinski definition) is 7. The molecule has 0 atom stereocenters. The van der Waals surface area contributed by atoms with Crippen molar-refractivity contribution >= 4 is 35.0 Å². The normalized spacial score (nSPS) is 14.8. The van der Waals surface area contributed by atoms with Crippen molar-refractivity contribution in [2.24, 2.45) is 0 Å². The summed E-state index contributed by atoms with van der Waals surface area (Å²) in [6.07, 6.45) is 1.59. The fourth-order valence-corrected chi connectivity index (χ4v) is 3.53. The Balaban J connectivity index is 1.64. The van der Waals surface area contributed by atoms with Crippen molar-refractivity contribution in [2.45, 2.75) is 6.92 Å². The van der Waals surface area contributed by atoms with Crippen LogP contribution in [-0.2, 0) is 14.3 Å². The molecule has 8 heteroatoms. The summed E-state index contributed by atoms with van der Waals surface area (Å²) in [5.74, 6) is 0.227. The molecule has 30 heavy (non-hydrogen) atoms. The van der Waals surface area contributed by atoms with Gasteiger partial charge in [-0.25, -0.2) is 4.79 Å². The molecule has 2 aromatic rings. The summed E-state index contributed by atoms with van der Waals surface area (Å²) in [5, 5.41) is -0.354. The topological polar surface area (TPSA) is 82.1 Å². The first-order chi connectivity index (χ1) is 14.6. The monoisotopic (exact) mass is 427 g/mol. The summed E-state index contributed by atoms with van der Waals surface area (Å²) >= 11 is 0.860. The van der Waals surface area contributed by atoms with Gasteiger partial charge in [0.15, 0.2) is 6.61 Å². The highest BCUT2D eigenvalue weighted by Crippen LogP contribution is 2.33. The number of benzene rings is 2. The van der Waals surface area contributed by atoms with Gasteiger partial charge in [0.1, 0.15) is 18.1 Å². The van der Waals surface area contributed by atoms with Gasteiger partial charge in [0.25, 0.3) is 11.1 Å². The summed E-state index contributed by atoms with van der Waals surface area (Å²) in [6, 6.07) is 16.1. The van der Waals surface area contributed by atoms with Crippen LogP contribution < -0.4 is 9.47 Å². The summed E-state index contributed by atoms with van der Waals surface area (Å²) in [4.78, 5) is 37.9. The Morgan fingerprint density at radius 1 is 1.03 bits per heavy atom. The number of amides is 2. The number of imide groups is 1. The van der Waals surface area contributed by atoms with E-state index in [1.165, 1.54) is 0 Å². The van der Waals surface area contributed by atoms with Crippen LogP contribution in [-0.4, -0.2) is 48.4 Å². The van der Waals surface area contributed by atoms with Crippen LogP contribution in [0.15, 0.2) is 59.5 Å². The van der Waals surface area contributed by atoms with E-state index < -0.39 is 5.97 Å². The lowest BCUT2D eigenvalue weighted by atomic mass is 10.2. The minimum Gasteiger partial charge on any atom is -0.492 e. The van der Waals surface area contributed by atoms with Gasteiger partial charge in [-0.2, -0.15) is 0 Å². The van der Waals surface area contributed by atoms with Crippen LogP contribution >= 0.6 is 11.8 Å². The first-order valence-electron chi connectivity index (χ1n) is 9.39. The quantitative estimate of drug-likeness (QED) is 0.445. The first-order valence-corrected chi connectivity index (χ1v) is 10.2. The number of carbonyl (C=O) groups excluding carboxylic acids is 3. The van der Waals surface area contributed by atoms with Gasteiger partial charge in [-0.05, 0) is 43.0 Å². The molecule has 2 amide bonds. The van der Waals surface area contributed by atoms with E-state index in [1.807, 2.05) is 18.2 Å². The highest BCUT2D eigenvalue weighted by Gasteiger charge is 2.35. The number of nitrogens with zero attached hydrogens (tertiary/aromatic N) is 1. The second-order valence-electron chi connectivity index (χ2n) is 6.13. The third kappa shape index (κ3) is 5.64. The van der Waals surface area contributed by atoms with Crippen molar-refractivity contribution in [2.75, 3.05) is 26.4 Å². The third-order valence-corrected chi connectivity index (χ3v) is 4.96. The third-order valence-electron chi connectivity index (χ3n) is 4.06. The number of thioether (sulfide) groups is 1. The molecule has 0 aliphatic carbocycles. The summed E-state index contributed by atoms with van der Waals surface area (Å²) in [7, 11) is 0. The molecule has 3 rings (SSSR count). The Morgan fingerprint density at radius 2 is 1.77 bits per heavy atom. The second kappa shape index (κ2) is 10.5. The van der Waals surface area contributed by atoms with Crippen LogP contribution in [0.1, 0.15) is 12.5 Å².